The molecule has 0 atom stereocenters. The van der Waals surface area contributed by atoms with Gasteiger partial charge in [0.2, 0.25) is 0 Å². The summed E-state index contributed by atoms with van der Waals surface area (Å²) in [6.07, 6.45) is 3.62. The molecule has 5 aromatic rings. The van der Waals surface area contributed by atoms with Gasteiger partial charge < -0.3 is 4.42 Å². The van der Waals surface area contributed by atoms with Gasteiger partial charge in [0.25, 0.3) is 5.82 Å². The maximum absolute atomic E-state index is 6.42. The number of nitrogens with zero attached hydrogens (tertiary/aromatic N) is 2. The van der Waals surface area contributed by atoms with Crippen molar-refractivity contribution in [3.8, 4) is 11.4 Å². The molecule has 0 fully saturated rings. The van der Waals surface area contributed by atoms with Gasteiger partial charge in [0, 0.05) is 16.3 Å². The first kappa shape index (κ1) is 15.9. The number of benzene rings is 3. The van der Waals surface area contributed by atoms with Crippen molar-refractivity contribution in [3.63, 3.8) is 0 Å². The average Bonchev–Trinajstić information content (AvgIpc) is 3.12. The van der Waals surface area contributed by atoms with Crippen LogP contribution in [0.4, 0.5) is 0 Å². The van der Waals surface area contributed by atoms with Gasteiger partial charge in [-0.25, -0.2) is 9.13 Å². The topological polar surface area (TPSA) is 21.9 Å². The van der Waals surface area contributed by atoms with Crippen LogP contribution >= 0.6 is 0 Å². The molecule has 0 saturated heterocycles. The molecule has 138 valence electrons. The van der Waals surface area contributed by atoms with E-state index in [4.69, 9.17) is 4.42 Å². The van der Waals surface area contributed by atoms with Crippen LogP contribution in [0.1, 0.15) is 24.0 Å². The Balaban J connectivity index is 1.79. The average molecular weight is 367 g/mol. The summed E-state index contributed by atoms with van der Waals surface area (Å²) >= 11 is 0. The van der Waals surface area contributed by atoms with Gasteiger partial charge in [0.05, 0.1) is 13.6 Å². The van der Waals surface area contributed by atoms with Gasteiger partial charge in [-0.15, -0.1) is 0 Å². The smallest absolute Gasteiger partial charge is 0.293 e. The minimum absolute atomic E-state index is 0.958. The first-order valence-electron chi connectivity index (χ1n) is 10.2. The van der Waals surface area contributed by atoms with Crippen LogP contribution in [0.5, 0.6) is 0 Å². The van der Waals surface area contributed by atoms with E-state index in [0.29, 0.717) is 0 Å². The molecule has 28 heavy (non-hydrogen) atoms. The van der Waals surface area contributed by atoms with Crippen LogP contribution in [0.15, 0.2) is 59.0 Å². The molecule has 0 saturated carbocycles. The summed E-state index contributed by atoms with van der Waals surface area (Å²) in [6.45, 7) is 3.25. The Hall–Kier alpha value is -3.07. The molecule has 6 rings (SSSR count). The lowest BCUT2D eigenvalue weighted by atomic mass is 10.0. The van der Waals surface area contributed by atoms with E-state index in [-0.39, 0.29) is 0 Å². The van der Waals surface area contributed by atoms with Crippen LogP contribution in [0.3, 0.4) is 0 Å². The predicted molar refractivity (Wildman–Crippen MR) is 114 cm³/mol. The highest BCUT2D eigenvalue weighted by molar-refractivity contribution is 6.09. The van der Waals surface area contributed by atoms with E-state index in [1.54, 1.807) is 0 Å². The monoisotopic (exact) mass is 367 g/mol. The van der Waals surface area contributed by atoms with E-state index >= 15 is 0 Å². The number of aromatic nitrogens is 2. The fourth-order valence-corrected chi connectivity index (χ4v) is 5.03. The zero-order valence-electron chi connectivity index (χ0n) is 16.3. The predicted octanol–water partition coefficient (Wildman–Crippen LogP) is 5.68. The first-order valence-corrected chi connectivity index (χ1v) is 10.2. The van der Waals surface area contributed by atoms with E-state index in [0.717, 1.165) is 24.1 Å². The summed E-state index contributed by atoms with van der Waals surface area (Å²) in [6, 6.07) is 19.5. The largest absolute Gasteiger partial charge is 0.455 e. The van der Waals surface area contributed by atoms with E-state index in [1.807, 2.05) is 6.07 Å². The van der Waals surface area contributed by atoms with Gasteiger partial charge in [-0.2, -0.15) is 0 Å². The number of aryl methyl sites for hydroxylation is 4. The summed E-state index contributed by atoms with van der Waals surface area (Å²) in [5.41, 5.74) is 8.60. The molecule has 3 aromatic carbocycles. The maximum atomic E-state index is 6.42. The number of rotatable bonds is 1. The van der Waals surface area contributed by atoms with Gasteiger partial charge >= 0.3 is 0 Å². The Morgan fingerprint density at radius 2 is 1.82 bits per heavy atom. The van der Waals surface area contributed by atoms with Crippen molar-refractivity contribution >= 4 is 33.0 Å². The molecular weight excluding hydrogens is 344 g/mol. The third-order valence-corrected chi connectivity index (χ3v) is 6.36. The molecule has 0 spiro atoms. The molecule has 0 amide bonds. The Kier molecular flexibility index (Phi) is 3.25. The second kappa shape index (κ2) is 5.71. The minimum atomic E-state index is 0.958. The third kappa shape index (κ3) is 2.02. The lowest BCUT2D eigenvalue weighted by Crippen LogP contribution is -2.35. The van der Waals surface area contributed by atoms with E-state index < -0.39 is 0 Å². The van der Waals surface area contributed by atoms with Gasteiger partial charge in [-0.3, -0.25) is 0 Å². The van der Waals surface area contributed by atoms with Crippen molar-refractivity contribution < 1.29 is 8.98 Å². The van der Waals surface area contributed by atoms with E-state index in [1.165, 1.54) is 57.2 Å². The quantitative estimate of drug-likeness (QED) is 0.350. The summed E-state index contributed by atoms with van der Waals surface area (Å²) in [7, 11) is 2.19. The number of fused-ring (bicyclic) bond motifs is 3. The number of furan rings is 1. The van der Waals surface area contributed by atoms with Crippen molar-refractivity contribution in [1.29, 1.82) is 0 Å². The minimum Gasteiger partial charge on any atom is -0.455 e. The Labute approximate surface area is 163 Å². The molecule has 1 aliphatic rings. The van der Waals surface area contributed by atoms with E-state index in [9.17, 15) is 0 Å². The second-order valence-corrected chi connectivity index (χ2v) is 8.01. The fraction of sp³-hybridized carbons (Fsp3) is 0.240. The highest BCUT2D eigenvalue weighted by Crippen LogP contribution is 2.38. The number of hydrogen-bond donors (Lipinski definition) is 0. The summed E-state index contributed by atoms with van der Waals surface area (Å²) in [5, 5.41) is 2.39. The van der Waals surface area contributed by atoms with Crippen LogP contribution in [-0.4, -0.2) is 4.57 Å². The molecule has 1 aliphatic heterocycles. The van der Waals surface area contributed by atoms with Gasteiger partial charge in [0.1, 0.15) is 11.1 Å². The Morgan fingerprint density at radius 3 is 2.75 bits per heavy atom. The molecule has 0 radical (unpaired) electrons. The number of imidazole rings is 1. The SMILES string of the molecule is Cc1ccc2c(oc3ccccc32)c1-c1n(C)c2cccc3c2[n+]1CCCC3. The van der Waals surface area contributed by atoms with Crippen LogP contribution in [0, 0.1) is 6.92 Å². The van der Waals surface area contributed by atoms with Crippen LogP contribution in [-0.2, 0) is 20.0 Å². The van der Waals surface area contributed by atoms with Crippen molar-refractivity contribution in [2.24, 2.45) is 7.05 Å². The highest BCUT2D eigenvalue weighted by Gasteiger charge is 2.31. The molecule has 3 heteroatoms. The third-order valence-electron chi connectivity index (χ3n) is 6.36. The molecule has 0 unspecified atom stereocenters. The molecule has 2 aromatic heterocycles. The van der Waals surface area contributed by atoms with Crippen molar-refractivity contribution in [1.82, 2.24) is 4.57 Å². The van der Waals surface area contributed by atoms with E-state index in [2.05, 4.69) is 71.6 Å². The Bertz CT molecular complexity index is 1390. The second-order valence-electron chi connectivity index (χ2n) is 8.01. The van der Waals surface area contributed by atoms with Crippen LogP contribution in [0.2, 0.25) is 0 Å². The fourth-order valence-electron chi connectivity index (χ4n) is 5.03. The highest BCUT2D eigenvalue weighted by atomic mass is 16.3. The van der Waals surface area contributed by atoms with Gasteiger partial charge in [-0.05, 0) is 43.9 Å². The summed E-state index contributed by atoms with van der Waals surface area (Å²) < 4.78 is 11.3. The summed E-state index contributed by atoms with van der Waals surface area (Å²) in [5.74, 6) is 1.26. The molecule has 0 N–H and O–H groups in total. The zero-order chi connectivity index (χ0) is 18.8. The number of hydrogen-bond acceptors (Lipinski definition) is 1. The maximum Gasteiger partial charge on any atom is 0.293 e. The van der Waals surface area contributed by atoms with Gasteiger partial charge in [0.15, 0.2) is 16.6 Å². The number of para-hydroxylation sites is 2. The zero-order valence-corrected chi connectivity index (χ0v) is 16.3. The standard InChI is InChI=1S/C25H23N2O/c1-16-13-14-19-18-10-3-4-12-21(18)28-24(19)22(16)25-26(2)20-11-7-9-17-8-5-6-15-27(25)23(17)20/h3-4,7,9-14H,5-6,8,15H2,1-2H3/q+1. The van der Waals surface area contributed by atoms with Crippen molar-refractivity contribution in [2.45, 2.75) is 32.7 Å². The molecule has 0 bridgehead atoms. The van der Waals surface area contributed by atoms with Crippen molar-refractivity contribution in [2.75, 3.05) is 0 Å². The normalized spacial score (nSPS) is 14.2. The summed E-state index contributed by atoms with van der Waals surface area (Å²) in [4.78, 5) is 0. The van der Waals surface area contributed by atoms with Crippen molar-refractivity contribution in [3.05, 3.63) is 65.7 Å². The molecule has 3 nitrogen and oxygen atoms in total. The van der Waals surface area contributed by atoms with Crippen LogP contribution in [0.25, 0.3) is 44.4 Å². The van der Waals surface area contributed by atoms with Crippen LogP contribution < -0.4 is 4.57 Å². The first-order chi connectivity index (χ1) is 13.7. The lowest BCUT2D eigenvalue weighted by molar-refractivity contribution is -0.660. The molecule has 3 heterocycles. The molecule has 0 aliphatic carbocycles. The molecular formula is C25H23N2O+. The lowest BCUT2D eigenvalue weighted by Gasteiger charge is -2.06. The van der Waals surface area contributed by atoms with Gasteiger partial charge in [-0.1, -0.05) is 42.5 Å². The Morgan fingerprint density at radius 1 is 0.929 bits per heavy atom.